The number of H-pyrrole nitrogens is 1. The zero-order valence-electron chi connectivity index (χ0n) is 20.7. The van der Waals surface area contributed by atoms with E-state index in [9.17, 15) is 30.0 Å². The highest BCUT2D eigenvalue weighted by atomic mass is 16.3. The zero-order chi connectivity index (χ0) is 25.7. The first kappa shape index (κ1) is 25.2. The first-order valence-corrected chi connectivity index (χ1v) is 12.2. The van der Waals surface area contributed by atoms with Crippen LogP contribution in [0.1, 0.15) is 57.3 Å². The Hall–Kier alpha value is -2.90. The second-order valence-electron chi connectivity index (χ2n) is 10.9. The SMILES string of the molecule is C/C=C/[C@H]1[C@H](C(=O)c2c(O)c(-c3ccc(O)cc3)c[nH]c2=O)[C@H](O)[C@@](C)(O)[C@H]2CC[C@H](C)C[C@@]21C. The molecular weight excluding hydrogens is 446 g/mol. The van der Waals surface area contributed by atoms with Crippen LogP contribution in [0.15, 0.2) is 47.4 Å². The number of allylic oxidation sites excluding steroid dienone is 2. The number of phenols is 1. The van der Waals surface area contributed by atoms with Crippen LogP contribution in [-0.2, 0) is 0 Å². The predicted octanol–water partition coefficient (Wildman–Crippen LogP) is 4.01. The molecule has 0 spiro atoms. The van der Waals surface area contributed by atoms with Gasteiger partial charge in [-0.3, -0.25) is 9.59 Å². The van der Waals surface area contributed by atoms with E-state index in [1.807, 2.05) is 19.1 Å². The smallest absolute Gasteiger partial charge is 0.262 e. The summed E-state index contributed by atoms with van der Waals surface area (Å²) >= 11 is 0. The van der Waals surface area contributed by atoms with Crippen LogP contribution in [0.4, 0.5) is 0 Å². The largest absolute Gasteiger partial charge is 0.508 e. The van der Waals surface area contributed by atoms with E-state index in [0.29, 0.717) is 11.5 Å². The van der Waals surface area contributed by atoms with Gasteiger partial charge in [-0.1, -0.05) is 44.6 Å². The number of pyridine rings is 1. The maximum Gasteiger partial charge on any atom is 0.262 e. The molecule has 0 saturated heterocycles. The Morgan fingerprint density at radius 1 is 1.14 bits per heavy atom. The molecule has 1 aromatic heterocycles. The molecule has 4 rings (SSSR count). The average molecular weight is 482 g/mol. The highest BCUT2D eigenvalue weighted by molar-refractivity contribution is 6.02. The third-order valence-corrected chi connectivity index (χ3v) is 8.52. The Morgan fingerprint density at radius 2 is 1.80 bits per heavy atom. The monoisotopic (exact) mass is 481 g/mol. The number of carbonyl (C=O) groups is 1. The van der Waals surface area contributed by atoms with Crippen LogP contribution in [-0.4, -0.2) is 42.9 Å². The van der Waals surface area contributed by atoms with Crippen molar-refractivity contribution in [3.05, 3.63) is 58.5 Å². The van der Waals surface area contributed by atoms with Crippen molar-refractivity contribution in [1.82, 2.24) is 4.98 Å². The lowest BCUT2D eigenvalue weighted by molar-refractivity contribution is -0.214. The van der Waals surface area contributed by atoms with Gasteiger partial charge in [0.15, 0.2) is 5.78 Å². The number of phenolic OH excluding ortho intramolecular Hbond substituents is 1. The molecule has 0 unspecified atom stereocenters. The molecule has 2 saturated carbocycles. The number of ketones is 1. The fourth-order valence-electron chi connectivity index (χ4n) is 6.91. The third-order valence-electron chi connectivity index (χ3n) is 8.52. The van der Waals surface area contributed by atoms with Crippen LogP contribution in [0, 0.1) is 29.1 Å². The number of hydrogen-bond donors (Lipinski definition) is 5. The Balaban J connectivity index is 1.87. The Labute approximate surface area is 205 Å². The fourth-order valence-corrected chi connectivity index (χ4v) is 6.91. The van der Waals surface area contributed by atoms with Crippen molar-refractivity contribution in [2.45, 2.75) is 58.7 Å². The lowest BCUT2D eigenvalue weighted by atomic mass is 9.45. The average Bonchev–Trinajstić information content (AvgIpc) is 2.78. The van der Waals surface area contributed by atoms with E-state index in [4.69, 9.17) is 0 Å². The second-order valence-corrected chi connectivity index (χ2v) is 10.9. The third kappa shape index (κ3) is 4.00. The van der Waals surface area contributed by atoms with Gasteiger partial charge < -0.3 is 25.4 Å². The molecule has 2 fully saturated rings. The summed E-state index contributed by atoms with van der Waals surface area (Å²) in [6.07, 6.45) is 6.08. The molecule has 188 valence electrons. The number of fused-ring (bicyclic) bond motifs is 1. The topological polar surface area (TPSA) is 131 Å². The molecule has 5 N–H and O–H groups in total. The van der Waals surface area contributed by atoms with Gasteiger partial charge in [-0.25, -0.2) is 0 Å². The van der Waals surface area contributed by atoms with Gasteiger partial charge in [-0.2, -0.15) is 0 Å². The van der Waals surface area contributed by atoms with Crippen molar-refractivity contribution in [3.63, 3.8) is 0 Å². The van der Waals surface area contributed by atoms with Gasteiger partial charge in [-0.05, 0) is 67.6 Å². The van der Waals surface area contributed by atoms with Crippen molar-refractivity contribution in [1.29, 1.82) is 0 Å². The summed E-state index contributed by atoms with van der Waals surface area (Å²) in [7, 11) is 0. The number of nitrogens with one attached hydrogen (secondary N) is 1. The molecule has 7 nitrogen and oxygen atoms in total. The minimum atomic E-state index is -1.54. The van der Waals surface area contributed by atoms with Crippen LogP contribution < -0.4 is 5.56 Å². The van der Waals surface area contributed by atoms with Crippen LogP contribution >= 0.6 is 0 Å². The van der Waals surface area contributed by atoms with E-state index in [0.717, 1.165) is 19.3 Å². The van der Waals surface area contributed by atoms with Gasteiger partial charge in [0, 0.05) is 11.8 Å². The summed E-state index contributed by atoms with van der Waals surface area (Å²) < 4.78 is 0. The van der Waals surface area contributed by atoms with Crippen molar-refractivity contribution in [2.75, 3.05) is 0 Å². The molecule has 0 radical (unpaired) electrons. The summed E-state index contributed by atoms with van der Waals surface area (Å²) in [5.74, 6) is -2.52. The van der Waals surface area contributed by atoms with Gasteiger partial charge in [0.1, 0.15) is 17.1 Å². The maximum atomic E-state index is 14.0. The lowest BCUT2D eigenvalue weighted by Crippen LogP contribution is -2.66. The first-order chi connectivity index (χ1) is 16.4. The summed E-state index contributed by atoms with van der Waals surface area (Å²) in [5, 5.41) is 43.6. The maximum absolute atomic E-state index is 14.0. The van der Waals surface area contributed by atoms with Crippen LogP contribution in [0.25, 0.3) is 11.1 Å². The fraction of sp³-hybridized carbons (Fsp3) is 0.500. The number of hydrogen-bond acceptors (Lipinski definition) is 6. The minimum absolute atomic E-state index is 0.0419. The van der Waals surface area contributed by atoms with Gasteiger partial charge in [0.05, 0.1) is 17.6 Å². The molecule has 2 aromatic rings. The van der Waals surface area contributed by atoms with Crippen molar-refractivity contribution >= 4 is 5.78 Å². The molecule has 0 amide bonds. The van der Waals surface area contributed by atoms with Crippen LogP contribution in [0.2, 0.25) is 0 Å². The van der Waals surface area contributed by atoms with Gasteiger partial charge in [0.2, 0.25) is 0 Å². The molecule has 2 aliphatic carbocycles. The molecule has 1 aromatic carbocycles. The predicted molar refractivity (Wildman–Crippen MR) is 133 cm³/mol. The van der Waals surface area contributed by atoms with E-state index in [-0.39, 0.29) is 17.2 Å². The summed E-state index contributed by atoms with van der Waals surface area (Å²) in [6.45, 7) is 7.65. The van der Waals surface area contributed by atoms with Crippen molar-refractivity contribution < 1.29 is 25.2 Å². The van der Waals surface area contributed by atoms with Crippen LogP contribution in [0.5, 0.6) is 11.5 Å². The number of carbonyl (C=O) groups excluding carboxylic acids is 1. The second kappa shape index (κ2) is 8.95. The molecule has 0 bridgehead atoms. The summed E-state index contributed by atoms with van der Waals surface area (Å²) in [5.41, 5.74) is -2.49. The molecule has 2 aliphatic rings. The van der Waals surface area contributed by atoms with Crippen molar-refractivity contribution in [3.8, 4) is 22.6 Å². The number of aromatic hydroxyl groups is 2. The summed E-state index contributed by atoms with van der Waals surface area (Å²) in [4.78, 5) is 29.4. The molecule has 0 aliphatic heterocycles. The Morgan fingerprint density at radius 3 is 2.43 bits per heavy atom. The van der Waals surface area contributed by atoms with Gasteiger partial charge in [0.25, 0.3) is 5.56 Å². The Kier molecular flexibility index (Phi) is 6.45. The van der Waals surface area contributed by atoms with E-state index in [1.165, 1.54) is 18.3 Å². The number of Topliss-reactive ketones (excluding diaryl/α,β-unsaturated/α-hetero) is 1. The van der Waals surface area contributed by atoms with E-state index in [2.05, 4.69) is 18.8 Å². The number of aliphatic hydroxyl groups excluding tert-OH is 1. The number of aliphatic hydroxyl groups is 2. The Bertz CT molecular complexity index is 1200. The van der Waals surface area contributed by atoms with Gasteiger partial charge in [-0.15, -0.1) is 0 Å². The first-order valence-electron chi connectivity index (χ1n) is 12.2. The van der Waals surface area contributed by atoms with E-state index < -0.39 is 51.6 Å². The molecule has 7 atom stereocenters. The van der Waals surface area contributed by atoms with E-state index in [1.54, 1.807) is 19.1 Å². The number of aromatic nitrogens is 1. The lowest BCUT2D eigenvalue weighted by Gasteiger charge is -2.61. The highest BCUT2D eigenvalue weighted by Gasteiger charge is 2.63. The zero-order valence-corrected chi connectivity index (χ0v) is 20.7. The molecule has 7 heteroatoms. The highest BCUT2D eigenvalue weighted by Crippen LogP contribution is 2.60. The van der Waals surface area contributed by atoms with Crippen molar-refractivity contribution in [2.24, 2.45) is 29.1 Å². The molecule has 1 heterocycles. The normalized spacial score (nSPS) is 35.1. The number of aromatic amines is 1. The van der Waals surface area contributed by atoms with Crippen LogP contribution in [0.3, 0.4) is 0 Å². The van der Waals surface area contributed by atoms with Gasteiger partial charge >= 0.3 is 0 Å². The standard InChI is InChI=1S/C28H35NO6/c1-5-6-19-21(25(33)28(4,35)20-12-7-15(2)13-27(19,20)3)24(32)22-23(31)18(14-29-26(22)34)16-8-10-17(30)11-9-16/h5-6,8-11,14-15,19-21,25,30,33,35H,7,12-13H2,1-4H3,(H2,29,31,34)/b6-5+/t15-,19-,20-,21+,25-,27+,28-/m0/s1. The summed E-state index contributed by atoms with van der Waals surface area (Å²) in [6, 6.07) is 6.01. The number of benzene rings is 1. The quantitative estimate of drug-likeness (QED) is 0.331. The number of rotatable bonds is 4. The molecular formula is C28H35NO6. The van der Waals surface area contributed by atoms with E-state index >= 15 is 0 Å². The molecule has 35 heavy (non-hydrogen) atoms. The minimum Gasteiger partial charge on any atom is -0.508 e.